The van der Waals surface area contributed by atoms with Crippen LogP contribution in [0.3, 0.4) is 0 Å². The van der Waals surface area contributed by atoms with Gasteiger partial charge in [0.15, 0.2) is 0 Å². The van der Waals surface area contributed by atoms with Gasteiger partial charge in [-0.05, 0) is 12.3 Å². The minimum atomic E-state index is 0.770. The van der Waals surface area contributed by atoms with E-state index >= 15 is 0 Å². The van der Waals surface area contributed by atoms with Crippen molar-refractivity contribution in [3.8, 4) is 0 Å². The van der Waals surface area contributed by atoms with Crippen molar-refractivity contribution in [2.24, 2.45) is 5.92 Å². The summed E-state index contributed by atoms with van der Waals surface area (Å²) >= 11 is 4.99. The monoisotopic (exact) mass is 187 g/mol. The Balaban J connectivity index is 2.90. The van der Waals surface area contributed by atoms with Crippen LogP contribution in [0, 0.1) is 5.92 Å². The second kappa shape index (κ2) is 9.44. The van der Waals surface area contributed by atoms with E-state index in [0.29, 0.717) is 0 Å². The van der Waals surface area contributed by atoms with Gasteiger partial charge in [0, 0.05) is 5.75 Å². The first kappa shape index (κ1) is 12.3. The van der Waals surface area contributed by atoms with E-state index in [-0.39, 0.29) is 0 Å². The highest BCUT2D eigenvalue weighted by Gasteiger charge is 1.98. The van der Waals surface area contributed by atoms with Crippen LogP contribution in [0.2, 0.25) is 0 Å². The molecule has 0 rings (SSSR count). The van der Waals surface area contributed by atoms with Gasteiger partial charge in [-0.2, -0.15) is 0 Å². The maximum absolute atomic E-state index is 4.99. The van der Waals surface area contributed by atoms with Gasteiger partial charge >= 0.3 is 0 Å². The second-order valence-electron chi connectivity index (χ2n) is 3.83. The molecule has 0 nitrogen and oxygen atoms in total. The SMILES string of the molecule is CCCCCCCCC(C)C[S]. The van der Waals surface area contributed by atoms with Gasteiger partial charge in [-0.15, -0.1) is 0 Å². The molecule has 0 aliphatic rings. The molecule has 73 valence electrons. The maximum atomic E-state index is 4.99. The van der Waals surface area contributed by atoms with Crippen molar-refractivity contribution in [2.45, 2.75) is 58.8 Å². The van der Waals surface area contributed by atoms with Gasteiger partial charge in [0.1, 0.15) is 0 Å². The first-order chi connectivity index (χ1) is 5.81. The lowest BCUT2D eigenvalue weighted by molar-refractivity contribution is 0.520. The first-order valence-electron chi connectivity index (χ1n) is 5.39. The molecular weight excluding hydrogens is 164 g/mol. The van der Waals surface area contributed by atoms with Crippen LogP contribution in [-0.2, 0) is 0 Å². The molecule has 12 heavy (non-hydrogen) atoms. The fourth-order valence-corrected chi connectivity index (χ4v) is 1.52. The molecule has 1 unspecified atom stereocenters. The predicted octanol–water partition coefficient (Wildman–Crippen LogP) is 4.57. The van der Waals surface area contributed by atoms with E-state index in [2.05, 4.69) is 13.8 Å². The molecule has 0 heterocycles. The van der Waals surface area contributed by atoms with Crippen LogP contribution in [-0.4, -0.2) is 5.75 Å². The molecule has 0 bridgehead atoms. The molecule has 0 aliphatic heterocycles. The molecule has 1 heteroatoms. The Morgan fingerprint density at radius 2 is 1.58 bits per heavy atom. The van der Waals surface area contributed by atoms with E-state index in [1.54, 1.807) is 0 Å². The van der Waals surface area contributed by atoms with Crippen LogP contribution < -0.4 is 0 Å². The smallest absolute Gasteiger partial charge is 0.00626 e. The standard InChI is InChI=1S/C11H23S/c1-3-4-5-6-7-8-9-11(2)10-12/h11H,3-10H2,1-2H3. The Kier molecular flexibility index (Phi) is 9.71. The van der Waals surface area contributed by atoms with Gasteiger partial charge in [-0.25, -0.2) is 0 Å². The number of hydrogen-bond donors (Lipinski definition) is 0. The largest absolute Gasteiger partial charge is 0.0939 e. The third-order valence-corrected chi connectivity index (χ3v) is 2.90. The molecule has 0 N–H and O–H groups in total. The van der Waals surface area contributed by atoms with E-state index < -0.39 is 0 Å². The van der Waals surface area contributed by atoms with Crippen LogP contribution in [0.25, 0.3) is 0 Å². The van der Waals surface area contributed by atoms with E-state index in [0.717, 1.165) is 11.7 Å². The average molecular weight is 187 g/mol. The number of rotatable bonds is 8. The van der Waals surface area contributed by atoms with Crippen molar-refractivity contribution in [2.75, 3.05) is 5.75 Å². The van der Waals surface area contributed by atoms with Crippen molar-refractivity contribution < 1.29 is 0 Å². The maximum Gasteiger partial charge on any atom is 0.00626 e. The minimum absolute atomic E-state index is 0.770. The fraction of sp³-hybridized carbons (Fsp3) is 1.00. The van der Waals surface area contributed by atoms with Crippen molar-refractivity contribution in [1.82, 2.24) is 0 Å². The average Bonchev–Trinajstić information content (AvgIpc) is 2.10. The van der Waals surface area contributed by atoms with Crippen molar-refractivity contribution in [1.29, 1.82) is 0 Å². The minimum Gasteiger partial charge on any atom is -0.0939 e. The second-order valence-corrected chi connectivity index (χ2v) is 4.16. The van der Waals surface area contributed by atoms with Crippen molar-refractivity contribution >= 4 is 12.6 Å². The number of unbranched alkanes of at least 4 members (excludes halogenated alkanes) is 5. The highest BCUT2D eigenvalue weighted by atomic mass is 32.1. The lowest BCUT2D eigenvalue weighted by atomic mass is 10.0. The lowest BCUT2D eigenvalue weighted by Crippen LogP contribution is -1.95. The summed E-state index contributed by atoms with van der Waals surface area (Å²) in [7, 11) is 0. The van der Waals surface area contributed by atoms with Crippen LogP contribution in [0.5, 0.6) is 0 Å². The summed E-state index contributed by atoms with van der Waals surface area (Å²) in [5.74, 6) is 1.71. The summed E-state index contributed by atoms with van der Waals surface area (Å²) in [5, 5.41) is 0. The zero-order valence-electron chi connectivity index (χ0n) is 8.64. The van der Waals surface area contributed by atoms with Gasteiger partial charge < -0.3 is 0 Å². The Hall–Kier alpha value is 0.350. The summed E-state index contributed by atoms with van der Waals surface area (Å²) in [6, 6.07) is 0. The Bertz CT molecular complexity index is 81.1. The van der Waals surface area contributed by atoms with Gasteiger partial charge in [-0.1, -0.05) is 65.0 Å². The molecule has 0 aromatic heterocycles. The van der Waals surface area contributed by atoms with Gasteiger partial charge in [0.25, 0.3) is 0 Å². The number of hydrogen-bond acceptors (Lipinski definition) is 0. The summed E-state index contributed by atoms with van der Waals surface area (Å²) < 4.78 is 0. The van der Waals surface area contributed by atoms with E-state index in [1.807, 2.05) is 0 Å². The van der Waals surface area contributed by atoms with Crippen LogP contribution in [0.15, 0.2) is 0 Å². The molecule has 1 radical (unpaired) electrons. The molecule has 0 saturated carbocycles. The third kappa shape index (κ3) is 8.45. The summed E-state index contributed by atoms with van der Waals surface area (Å²) in [4.78, 5) is 0. The highest BCUT2D eigenvalue weighted by molar-refractivity contribution is 7.80. The molecule has 0 spiro atoms. The van der Waals surface area contributed by atoms with E-state index in [4.69, 9.17) is 12.6 Å². The molecule has 0 amide bonds. The lowest BCUT2D eigenvalue weighted by Gasteiger charge is -2.06. The zero-order valence-corrected chi connectivity index (χ0v) is 9.46. The normalized spacial score (nSPS) is 13.2. The Labute approximate surface area is 83.5 Å². The third-order valence-electron chi connectivity index (χ3n) is 2.33. The zero-order chi connectivity index (χ0) is 9.23. The predicted molar refractivity (Wildman–Crippen MR) is 59.6 cm³/mol. The molecule has 1 atom stereocenters. The van der Waals surface area contributed by atoms with Gasteiger partial charge in [-0.3, -0.25) is 0 Å². The van der Waals surface area contributed by atoms with Gasteiger partial charge in [0.05, 0.1) is 0 Å². The highest BCUT2D eigenvalue weighted by Crippen LogP contribution is 2.12. The Morgan fingerprint density at radius 1 is 1.00 bits per heavy atom. The molecule has 0 saturated heterocycles. The van der Waals surface area contributed by atoms with Crippen molar-refractivity contribution in [3.63, 3.8) is 0 Å². The van der Waals surface area contributed by atoms with E-state index in [9.17, 15) is 0 Å². The van der Waals surface area contributed by atoms with E-state index in [1.165, 1.54) is 44.9 Å². The first-order valence-corrected chi connectivity index (χ1v) is 5.97. The molecule has 0 fully saturated rings. The summed E-state index contributed by atoms with van der Waals surface area (Å²) in [5.41, 5.74) is 0. The summed E-state index contributed by atoms with van der Waals surface area (Å²) in [6.45, 7) is 4.53. The quantitative estimate of drug-likeness (QED) is 0.488. The molecule has 0 aromatic carbocycles. The molecule has 0 aromatic rings. The summed E-state index contributed by atoms with van der Waals surface area (Å²) in [6.07, 6.45) is 9.77. The fourth-order valence-electron chi connectivity index (χ4n) is 1.36. The van der Waals surface area contributed by atoms with Crippen LogP contribution >= 0.6 is 12.6 Å². The van der Waals surface area contributed by atoms with Gasteiger partial charge in [0.2, 0.25) is 0 Å². The Morgan fingerprint density at radius 3 is 2.17 bits per heavy atom. The molecule has 0 aliphatic carbocycles. The van der Waals surface area contributed by atoms with Crippen molar-refractivity contribution in [3.05, 3.63) is 0 Å². The topological polar surface area (TPSA) is 0 Å². The van der Waals surface area contributed by atoms with Crippen LogP contribution in [0.4, 0.5) is 0 Å². The van der Waals surface area contributed by atoms with Crippen LogP contribution in [0.1, 0.15) is 58.8 Å². The molecular formula is C11H23S.